The minimum Gasteiger partial charge on any atom is -0.380 e. The van der Waals surface area contributed by atoms with Gasteiger partial charge in [-0.15, -0.1) is 0 Å². The fourth-order valence-corrected chi connectivity index (χ4v) is 2.35. The second-order valence-corrected chi connectivity index (χ2v) is 6.49. The molecule has 118 valence electrons. The number of amides is 1. The summed E-state index contributed by atoms with van der Waals surface area (Å²) < 4.78 is 5.38. The SMILES string of the molecule is CCOCCN1CCN([C@H](C)C(=O)NC(C)(C)C)CC1. The van der Waals surface area contributed by atoms with Crippen molar-refractivity contribution in [3.63, 3.8) is 0 Å². The number of ether oxygens (including phenoxy) is 1. The van der Waals surface area contributed by atoms with Crippen LogP contribution in [0.1, 0.15) is 34.6 Å². The van der Waals surface area contributed by atoms with Crippen molar-refractivity contribution in [2.24, 2.45) is 0 Å². The molecule has 0 aromatic carbocycles. The minimum absolute atomic E-state index is 0.0525. The van der Waals surface area contributed by atoms with Crippen molar-refractivity contribution in [2.45, 2.75) is 46.2 Å². The van der Waals surface area contributed by atoms with E-state index >= 15 is 0 Å². The lowest BCUT2D eigenvalue weighted by Gasteiger charge is -2.38. The molecule has 0 unspecified atom stereocenters. The van der Waals surface area contributed by atoms with Gasteiger partial charge in [-0.2, -0.15) is 0 Å². The molecule has 0 aromatic rings. The van der Waals surface area contributed by atoms with Crippen LogP contribution in [0.15, 0.2) is 0 Å². The van der Waals surface area contributed by atoms with Crippen molar-refractivity contribution >= 4 is 5.91 Å². The molecule has 0 bridgehead atoms. The fraction of sp³-hybridized carbons (Fsp3) is 0.933. The number of hydrogen-bond donors (Lipinski definition) is 1. The largest absolute Gasteiger partial charge is 0.380 e. The Hall–Kier alpha value is -0.650. The van der Waals surface area contributed by atoms with E-state index in [0.717, 1.165) is 45.9 Å². The number of nitrogens with one attached hydrogen (secondary N) is 1. The summed E-state index contributed by atoms with van der Waals surface area (Å²) in [6, 6.07) is -0.0525. The highest BCUT2D eigenvalue weighted by atomic mass is 16.5. The first kappa shape index (κ1) is 17.4. The maximum atomic E-state index is 12.2. The summed E-state index contributed by atoms with van der Waals surface area (Å²) in [5.41, 5.74) is -0.162. The van der Waals surface area contributed by atoms with E-state index in [9.17, 15) is 4.79 Å². The molecule has 1 N–H and O–H groups in total. The van der Waals surface area contributed by atoms with Crippen molar-refractivity contribution in [3.8, 4) is 0 Å². The molecule has 1 saturated heterocycles. The highest BCUT2D eigenvalue weighted by Crippen LogP contribution is 2.08. The molecule has 0 radical (unpaired) electrons. The van der Waals surface area contributed by atoms with Gasteiger partial charge in [0.25, 0.3) is 0 Å². The Labute approximate surface area is 123 Å². The first-order valence-corrected chi connectivity index (χ1v) is 7.69. The Balaban J connectivity index is 2.31. The zero-order valence-corrected chi connectivity index (χ0v) is 13.7. The Morgan fingerprint density at radius 1 is 1.25 bits per heavy atom. The second kappa shape index (κ2) is 7.96. The molecule has 5 heteroatoms. The predicted molar refractivity (Wildman–Crippen MR) is 81.9 cm³/mol. The van der Waals surface area contributed by atoms with Gasteiger partial charge >= 0.3 is 0 Å². The van der Waals surface area contributed by atoms with Crippen molar-refractivity contribution in [1.29, 1.82) is 0 Å². The van der Waals surface area contributed by atoms with Crippen LogP contribution >= 0.6 is 0 Å². The molecule has 0 saturated carbocycles. The molecule has 5 nitrogen and oxygen atoms in total. The van der Waals surface area contributed by atoms with E-state index in [2.05, 4.69) is 15.1 Å². The molecule has 1 aliphatic rings. The lowest BCUT2D eigenvalue weighted by molar-refractivity contribution is -0.128. The van der Waals surface area contributed by atoms with E-state index in [4.69, 9.17) is 4.74 Å². The summed E-state index contributed by atoms with van der Waals surface area (Å²) in [4.78, 5) is 16.8. The molecule has 20 heavy (non-hydrogen) atoms. The summed E-state index contributed by atoms with van der Waals surface area (Å²) in [7, 11) is 0. The summed E-state index contributed by atoms with van der Waals surface area (Å²) >= 11 is 0. The summed E-state index contributed by atoms with van der Waals surface area (Å²) in [5, 5.41) is 3.06. The van der Waals surface area contributed by atoms with Gasteiger partial charge in [-0.3, -0.25) is 14.6 Å². The van der Waals surface area contributed by atoms with E-state index < -0.39 is 0 Å². The maximum Gasteiger partial charge on any atom is 0.237 e. The van der Waals surface area contributed by atoms with Crippen LogP contribution in [0.25, 0.3) is 0 Å². The first-order valence-electron chi connectivity index (χ1n) is 7.69. The van der Waals surface area contributed by atoms with E-state index in [1.54, 1.807) is 0 Å². The third kappa shape index (κ3) is 6.20. The van der Waals surface area contributed by atoms with E-state index in [1.807, 2.05) is 34.6 Å². The van der Waals surface area contributed by atoms with Gasteiger partial charge in [0, 0.05) is 44.9 Å². The van der Waals surface area contributed by atoms with Crippen molar-refractivity contribution in [3.05, 3.63) is 0 Å². The van der Waals surface area contributed by atoms with Gasteiger partial charge in [-0.25, -0.2) is 0 Å². The molecule has 1 heterocycles. The van der Waals surface area contributed by atoms with E-state index in [-0.39, 0.29) is 17.5 Å². The van der Waals surface area contributed by atoms with Crippen LogP contribution in [0, 0.1) is 0 Å². The molecule has 0 aliphatic carbocycles. The Kier molecular flexibility index (Phi) is 6.92. The Morgan fingerprint density at radius 2 is 1.85 bits per heavy atom. The zero-order valence-electron chi connectivity index (χ0n) is 13.7. The van der Waals surface area contributed by atoms with Gasteiger partial charge in [-0.1, -0.05) is 0 Å². The smallest absolute Gasteiger partial charge is 0.237 e. The summed E-state index contributed by atoms with van der Waals surface area (Å²) in [6.07, 6.45) is 0. The van der Waals surface area contributed by atoms with Crippen molar-refractivity contribution < 1.29 is 9.53 Å². The van der Waals surface area contributed by atoms with Crippen LogP contribution in [-0.2, 0) is 9.53 Å². The Morgan fingerprint density at radius 3 is 2.35 bits per heavy atom. The number of carbonyl (C=O) groups is 1. The van der Waals surface area contributed by atoms with Crippen LogP contribution in [0.3, 0.4) is 0 Å². The number of nitrogens with zero attached hydrogens (tertiary/aromatic N) is 2. The lowest BCUT2D eigenvalue weighted by atomic mass is 10.1. The highest BCUT2D eigenvalue weighted by Gasteiger charge is 2.27. The molecular weight excluding hydrogens is 254 g/mol. The number of rotatable bonds is 6. The number of piperazine rings is 1. The van der Waals surface area contributed by atoms with Crippen LogP contribution < -0.4 is 5.32 Å². The van der Waals surface area contributed by atoms with Crippen LogP contribution in [0.4, 0.5) is 0 Å². The monoisotopic (exact) mass is 285 g/mol. The minimum atomic E-state index is -0.162. The number of carbonyl (C=O) groups excluding carboxylic acids is 1. The zero-order chi connectivity index (χ0) is 15.2. The van der Waals surface area contributed by atoms with E-state index in [0.29, 0.717) is 0 Å². The van der Waals surface area contributed by atoms with Gasteiger partial charge < -0.3 is 10.1 Å². The van der Waals surface area contributed by atoms with Crippen LogP contribution in [0.5, 0.6) is 0 Å². The highest BCUT2D eigenvalue weighted by molar-refractivity contribution is 5.81. The van der Waals surface area contributed by atoms with Crippen LogP contribution in [-0.4, -0.2) is 73.2 Å². The second-order valence-electron chi connectivity index (χ2n) is 6.49. The molecule has 1 atom stereocenters. The fourth-order valence-electron chi connectivity index (χ4n) is 2.35. The molecule has 1 fully saturated rings. The molecule has 1 amide bonds. The normalized spacial score (nSPS) is 19.9. The standard InChI is InChI=1S/C15H31N3O2/c1-6-20-12-11-17-7-9-18(10-8-17)13(2)14(19)16-15(3,4)5/h13H,6-12H2,1-5H3,(H,16,19)/t13-/m1/s1. The van der Waals surface area contributed by atoms with Crippen molar-refractivity contribution in [2.75, 3.05) is 45.9 Å². The van der Waals surface area contributed by atoms with Crippen LogP contribution in [0.2, 0.25) is 0 Å². The lowest BCUT2D eigenvalue weighted by Crippen LogP contribution is -2.56. The van der Waals surface area contributed by atoms with Gasteiger partial charge in [0.15, 0.2) is 0 Å². The summed E-state index contributed by atoms with van der Waals surface area (Å²) in [5.74, 6) is 0.125. The van der Waals surface area contributed by atoms with Gasteiger partial charge in [-0.05, 0) is 34.6 Å². The third-order valence-corrected chi connectivity index (χ3v) is 3.59. The van der Waals surface area contributed by atoms with Crippen molar-refractivity contribution in [1.82, 2.24) is 15.1 Å². The number of hydrogen-bond acceptors (Lipinski definition) is 4. The third-order valence-electron chi connectivity index (χ3n) is 3.59. The molecule has 1 aliphatic heterocycles. The van der Waals surface area contributed by atoms with Gasteiger partial charge in [0.05, 0.1) is 12.6 Å². The molecule has 1 rings (SSSR count). The molecule has 0 aromatic heterocycles. The first-order chi connectivity index (χ1) is 9.33. The quantitative estimate of drug-likeness (QED) is 0.738. The molecule has 0 spiro atoms. The van der Waals surface area contributed by atoms with Gasteiger partial charge in [0.1, 0.15) is 0 Å². The maximum absolute atomic E-state index is 12.2. The Bertz CT molecular complexity index is 294. The average Bonchev–Trinajstić information content (AvgIpc) is 2.37. The average molecular weight is 285 g/mol. The molecular formula is C15H31N3O2. The van der Waals surface area contributed by atoms with E-state index in [1.165, 1.54) is 0 Å². The summed E-state index contributed by atoms with van der Waals surface area (Å²) in [6.45, 7) is 16.6. The topological polar surface area (TPSA) is 44.8 Å². The van der Waals surface area contributed by atoms with Gasteiger partial charge in [0.2, 0.25) is 5.91 Å². The predicted octanol–water partition coefficient (Wildman–Crippen LogP) is 0.944.